The van der Waals surface area contributed by atoms with Crippen molar-refractivity contribution in [1.82, 2.24) is 0 Å². The molecule has 1 heteroatoms. The van der Waals surface area contributed by atoms with Crippen LogP contribution in [0.25, 0.3) is 0 Å². The second-order valence-electron chi connectivity index (χ2n) is 1.92. The molecule has 0 amide bonds. The Labute approximate surface area is 42.0 Å². The van der Waals surface area contributed by atoms with Gasteiger partial charge in [-0.05, 0) is 21.1 Å². The Balaban J connectivity index is 2.81. The van der Waals surface area contributed by atoms with E-state index >= 15 is 0 Å². The molecule has 36 valence electrons. The minimum absolute atomic E-state index is 0.502. The van der Waals surface area contributed by atoms with E-state index in [1.54, 1.807) is 0 Å². The molecule has 0 aliphatic heterocycles. The average Bonchev–Trinajstić information content (AvgIpc) is 1.35. The lowest BCUT2D eigenvalue weighted by atomic mass is 10.3. The summed E-state index contributed by atoms with van der Waals surface area (Å²) in [6.07, 6.45) is 3.81. The average molecular weight is 100 g/mol. The minimum atomic E-state index is 0.502. The van der Waals surface area contributed by atoms with Crippen LogP contribution in [-0.2, 0) is 0 Å². The first-order valence-corrected chi connectivity index (χ1v) is 4.01. The Hall–Kier alpha value is 0.0869. The molecular formula is C5H12Si. The molecule has 0 rings (SSSR count). The summed E-state index contributed by atoms with van der Waals surface area (Å²) in [6.45, 7) is 4.47. The molecule has 0 fully saturated rings. The van der Waals surface area contributed by atoms with E-state index in [4.69, 9.17) is 0 Å². The van der Waals surface area contributed by atoms with Crippen LogP contribution in [0.15, 0.2) is 0 Å². The maximum Gasteiger partial charge on any atom is -0.0151 e. The Kier molecular flexibility index (Phi) is 3.33. The van der Waals surface area contributed by atoms with Crippen LogP contribution in [0.3, 0.4) is 0 Å². The van der Waals surface area contributed by atoms with Crippen LogP contribution in [0.4, 0.5) is 0 Å². The molecule has 0 radical (unpaired) electrons. The zero-order valence-electron chi connectivity index (χ0n) is 4.57. The molecular weight excluding hydrogens is 88.1 g/mol. The van der Waals surface area contributed by atoms with Gasteiger partial charge in [-0.15, -0.1) is 6.17 Å². The van der Waals surface area contributed by atoms with Gasteiger partial charge in [0.2, 0.25) is 0 Å². The van der Waals surface area contributed by atoms with Gasteiger partial charge in [0.1, 0.15) is 0 Å². The smallest absolute Gasteiger partial charge is 0.0151 e. The Morgan fingerprint density at radius 1 is 1.67 bits per heavy atom. The first-order chi connectivity index (χ1) is 2.77. The first kappa shape index (κ1) is 6.09. The third-order valence-electron chi connectivity index (χ3n) is 0.638. The van der Waals surface area contributed by atoms with Crippen molar-refractivity contribution in [2.24, 2.45) is 5.92 Å². The van der Waals surface area contributed by atoms with Crippen LogP contribution < -0.4 is 0 Å². The second-order valence-corrected chi connectivity index (χ2v) is 2.97. The first-order valence-electron chi connectivity index (χ1n) is 2.38. The van der Waals surface area contributed by atoms with Gasteiger partial charge < -0.3 is 0 Å². The van der Waals surface area contributed by atoms with E-state index in [9.17, 15) is 0 Å². The van der Waals surface area contributed by atoms with Crippen LogP contribution in [0.2, 0.25) is 6.04 Å². The molecule has 6 heavy (non-hydrogen) atoms. The molecule has 0 unspecified atom stereocenters. The molecule has 0 aromatic carbocycles. The van der Waals surface area contributed by atoms with Crippen molar-refractivity contribution in [3.05, 3.63) is 0 Å². The van der Waals surface area contributed by atoms with Crippen molar-refractivity contribution in [2.45, 2.75) is 19.9 Å². The third-order valence-corrected chi connectivity index (χ3v) is 1.91. The molecule has 0 atom stereocenters. The van der Waals surface area contributed by atoms with Crippen LogP contribution in [-0.4, -0.2) is 15.3 Å². The molecule has 0 N–H and O–H groups in total. The maximum absolute atomic E-state index is 3.81. The summed E-state index contributed by atoms with van der Waals surface area (Å²) in [4.78, 5) is 0. The summed E-state index contributed by atoms with van der Waals surface area (Å²) in [7, 11) is 0.502. The standard InChI is InChI=1S/C5H12Si/c1-5(2)4-6-3/h5-6H,3-4H2,1-2H3. The summed E-state index contributed by atoms with van der Waals surface area (Å²) in [6, 6.07) is 1.35. The van der Waals surface area contributed by atoms with Gasteiger partial charge in [-0.2, -0.15) is 0 Å². The predicted molar refractivity (Wildman–Crippen MR) is 33.9 cm³/mol. The second kappa shape index (κ2) is 3.28. The normalized spacial score (nSPS) is 9.17. The van der Waals surface area contributed by atoms with E-state index in [1.165, 1.54) is 6.04 Å². The van der Waals surface area contributed by atoms with Gasteiger partial charge in [-0.3, -0.25) is 0 Å². The monoisotopic (exact) mass is 100 g/mol. The lowest BCUT2D eigenvalue weighted by Gasteiger charge is -1.92. The van der Waals surface area contributed by atoms with Gasteiger partial charge >= 0.3 is 0 Å². The SMILES string of the molecule is C=[SiH]CC(C)C. The van der Waals surface area contributed by atoms with Gasteiger partial charge in [-0.25, -0.2) is 0 Å². The van der Waals surface area contributed by atoms with Crippen molar-refractivity contribution in [3.8, 4) is 0 Å². The highest BCUT2D eigenvalue weighted by atomic mass is 28.2. The van der Waals surface area contributed by atoms with E-state index in [-0.39, 0.29) is 0 Å². The van der Waals surface area contributed by atoms with Gasteiger partial charge in [0, 0.05) is 0 Å². The van der Waals surface area contributed by atoms with Gasteiger partial charge in [0.15, 0.2) is 0 Å². The number of hydrogen-bond acceptors (Lipinski definition) is 0. The van der Waals surface area contributed by atoms with Crippen LogP contribution >= 0.6 is 0 Å². The lowest BCUT2D eigenvalue weighted by molar-refractivity contribution is 0.734. The highest BCUT2D eigenvalue weighted by Gasteiger charge is 1.83. The molecule has 0 aromatic rings. The van der Waals surface area contributed by atoms with E-state index in [0.29, 0.717) is 9.13 Å². The fraction of sp³-hybridized carbons (Fsp3) is 0.800. The third kappa shape index (κ3) is 4.09. The van der Waals surface area contributed by atoms with Crippen molar-refractivity contribution < 1.29 is 0 Å². The summed E-state index contributed by atoms with van der Waals surface area (Å²) >= 11 is 0. The van der Waals surface area contributed by atoms with Crippen molar-refractivity contribution >= 4 is 15.3 Å². The Bertz CT molecular complexity index is 39.2. The summed E-state index contributed by atoms with van der Waals surface area (Å²) < 4.78 is 0. The van der Waals surface area contributed by atoms with E-state index in [2.05, 4.69) is 20.0 Å². The van der Waals surface area contributed by atoms with Gasteiger partial charge in [0.05, 0.1) is 0 Å². The highest BCUT2D eigenvalue weighted by molar-refractivity contribution is 6.40. The highest BCUT2D eigenvalue weighted by Crippen LogP contribution is 1.93. The molecule has 0 spiro atoms. The fourth-order valence-corrected chi connectivity index (χ4v) is 1.00. The summed E-state index contributed by atoms with van der Waals surface area (Å²) in [5, 5.41) is 0. The molecule has 0 heterocycles. The summed E-state index contributed by atoms with van der Waals surface area (Å²) in [5.74, 6) is 0.873. The molecule has 0 bridgehead atoms. The molecule has 0 saturated carbocycles. The topological polar surface area (TPSA) is 0 Å². The van der Waals surface area contributed by atoms with E-state index in [0.717, 1.165) is 5.92 Å². The minimum Gasteiger partial charge on any atom is -0.121 e. The molecule has 0 aliphatic rings. The van der Waals surface area contributed by atoms with Crippen LogP contribution in [0.5, 0.6) is 0 Å². The van der Waals surface area contributed by atoms with E-state index < -0.39 is 0 Å². The number of hydrogen-bond donors (Lipinski definition) is 0. The zero-order chi connectivity index (χ0) is 4.99. The predicted octanol–water partition coefficient (Wildman–Crippen LogP) is 0.929. The summed E-state index contributed by atoms with van der Waals surface area (Å²) in [5.41, 5.74) is 0. The lowest BCUT2D eigenvalue weighted by Crippen LogP contribution is -1.85. The fourth-order valence-electron chi connectivity index (χ4n) is 0.333. The van der Waals surface area contributed by atoms with Gasteiger partial charge in [-0.1, -0.05) is 13.8 Å². The molecule has 0 saturated heterocycles. The van der Waals surface area contributed by atoms with Crippen LogP contribution in [0, 0.1) is 5.92 Å². The Morgan fingerprint density at radius 3 is 2.17 bits per heavy atom. The quantitative estimate of drug-likeness (QED) is 0.453. The van der Waals surface area contributed by atoms with Crippen LogP contribution in [0.1, 0.15) is 13.8 Å². The molecule has 0 aliphatic carbocycles. The Morgan fingerprint density at radius 2 is 2.17 bits per heavy atom. The molecule has 0 aromatic heterocycles. The largest absolute Gasteiger partial charge is 0.121 e. The zero-order valence-corrected chi connectivity index (χ0v) is 5.72. The maximum atomic E-state index is 3.81. The van der Waals surface area contributed by atoms with Gasteiger partial charge in [0.25, 0.3) is 0 Å². The van der Waals surface area contributed by atoms with E-state index in [1.807, 2.05) is 0 Å². The number of rotatable bonds is 2. The van der Waals surface area contributed by atoms with Crippen molar-refractivity contribution in [1.29, 1.82) is 0 Å². The molecule has 0 nitrogen and oxygen atoms in total. The van der Waals surface area contributed by atoms with Crippen molar-refractivity contribution in [2.75, 3.05) is 0 Å². The van der Waals surface area contributed by atoms with Crippen molar-refractivity contribution in [3.63, 3.8) is 0 Å².